The average molecular weight is 437 g/mol. The van der Waals surface area contributed by atoms with Gasteiger partial charge in [0.1, 0.15) is 0 Å². The van der Waals surface area contributed by atoms with Gasteiger partial charge in [-0.3, -0.25) is 19.2 Å². The van der Waals surface area contributed by atoms with E-state index in [9.17, 15) is 14.7 Å². The van der Waals surface area contributed by atoms with Gasteiger partial charge < -0.3 is 19.3 Å². The highest BCUT2D eigenvalue weighted by Crippen LogP contribution is 2.51. The van der Waals surface area contributed by atoms with Crippen molar-refractivity contribution in [1.29, 1.82) is 0 Å². The van der Waals surface area contributed by atoms with Crippen LogP contribution in [0.2, 0.25) is 0 Å². The number of H-pyrrole nitrogens is 1. The zero-order valence-electron chi connectivity index (χ0n) is 17.8. The molecule has 0 fully saturated rings. The van der Waals surface area contributed by atoms with Gasteiger partial charge in [-0.15, -0.1) is 0 Å². The summed E-state index contributed by atoms with van der Waals surface area (Å²) in [6.07, 6.45) is 0.706. The summed E-state index contributed by atoms with van der Waals surface area (Å²) in [6.45, 7) is 0.844. The highest BCUT2D eigenvalue weighted by Gasteiger charge is 2.38. The first-order chi connectivity index (χ1) is 15.5. The molecule has 2 aromatic carbocycles. The van der Waals surface area contributed by atoms with Gasteiger partial charge >= 0.3 is 5.69 Å². The molecule has 1 atom stereocenters. The maximum absolute atomic E-state index is 13.0. The minimum absolute atomic E-state index is 0.0844. The first-order valence-corrected chi connectivity index (χ1v) is 10.3. The Bertz CT molecular complexity index is 1300. The molecule has 9 nitrogen and oxygen atoms in total. The fourth-order valence-electron chi connectivity index (χ4n) is 4.53. The third kappa shape index (κ3) is 3.13. The molecule has 0 aliphatic carbocycles. The van der Waals surface area contributed by atoms with Gasteiger partial charge in [0.05, 0.1) is 25.3 Å². The van der Waals surface area contributed by atoms with E-state index in [1.807, 2.05) is 48.3 Å². The molecule has 0 saturated carbocycles. The van der Waals surface area contributed by atoms with Gasteiger partial charge in [-0.1, -0.05) is 30.3 Å². The highest BCUT2D eigenvalue weighted by atomic mass is 16.7. The van der Waals surface area contributed by atoms with Crippen molar-refractivity contribution in [2.24, 2.45) is 0 Å². The van der Waals surface area contributed by atoms with Gasteiger partial charge in [-0.25, -0.2) is 4.79 Å². The smallest absolute Gasteiger partial charge is 0.331 e. The van der Waals surface area contributed by atoms with Crippen LogP contribution in [0.15, 0.2) is 46.0 Å². The minimum atomic E-state index is -0.670. The van der Waals surface area contributed by atoms with E-state index < -0.39 is 17.3 Å². The van der Waals surface area contributed by atoms with E-state index >= 15 is 0 Å². The number of ether oxygens (including phenoxy) is 3. The lowest BCUT2D eigenvalue weighted by atomic mass is 9.87. The largest absolute Gasteiger partial charge is 0.494 e. The van der Waals surface area contributed by atoms with E-state index in [2.05, 4.69) is 4.98 Å². The van der Waals surface area contributed by atoms with Crippen LogP contribution in [0.4, 0.5) is 0 Å². The van der Waals surface area contributed by atoms with Crippen molar-refractivity contribution in [3.63, 3.8) is 0 Å². The van der Waals surface area contributed by atoms with Gasteiger partial charge in [0.25, 0.3) is 5.56 Å². The fourth-order valence-corrected chi connectivity index (χ4v) is 4.53. The van der Waals surface area contributed by atoms with Crippen LogP contribution in [0.1, 0.15) is 28.3 Å². The van der Waals surface area contributed by atoms with Gasteiger partial charge in [0, 0.05) is 12.1 Å². The zero-order chi connectivity index (χ0) is 22.4. The molecular formula is C23H23N3O6. The quantitative estimate of drug-likeness (QED) is 0.639. The molecule has 3 aromatic rings. The topological polar surface area (TPSA) is 106 Å². The Labute approximate surface area is 183 Å². The van der Waals surface area contributed by atoms with Crippen molar-refractivity contribution in [1.82, 2.24) is 14.5 Å². The van der Waals surface area contributed by atoms with Crippen LogP contribution in [0, 0.1) is 0 Å². The Morgan fingerprint density at radius 1 is 1.19 bits per heavy atom. The normalized spacial score (nSPS) is 17.2. The van der Waals surface area contributed by atoms with E-state index in [1.165, 1.54) is 11.7 Å². The van der Waals surface area contributed by atoms with Crippen molar-refractivity contribution < 1.29 is 19.3 Å². The second-order valence-corrected chi connectivity index (χ2v) is 7.92. The molecule has 2 aliphatic rings. The molecule has 2 N–H and O–H groups in total. The molecule has 0 radical (unpaired) electrons. The Hall–Kier alpha value is -3.72. The molecule has 9 heteroatoms. The molecule has 3 heterocycles. The van der Waals surface area contributed by atoms with E-state index in [1.54, 1.807) is 0 Å². The van der Waals surface area contributed by atoms with E-state index in [0.29, 0.717) is 30.2 Å². The SMILES string of the molecule is COc1c2c(cc3c1[C@H](c1c(O)n(Cc4ccccc4)c(=O)[nH]c1=O)N(C)CC3)OCO2. The number of aromatic hydroxyl groups is 1. The summed E-state index contributed by atoms with van der Waals surface area (Å²) in [5.41, 5.74) is 1.25. The molecule has 0 unspecified atom stereocenters. The van der Waals surface area contributed by atoms with Crippen LogP contribution in [-0.2, 0) is 13.0 Å². The molecule has 166 valence electrons. The molecule has 0 bridgehead atoms. The number of fused-ring (bicyclic) bond motifs is 2. The summed E-state index contributed by atoms with van der Waals surface area (Å²) in [5, 5.41) is 11.2. The third-order valence-electron chi connectivity index (χ3n) is 6.06. The molecule has 32 heavy (non-hydrogen) atoms. The molecule has 0 saturated heterocycles. The number of hydrogen-bond donors (Lipinski definition) is 2. The molecule has 0 amide bonds. The third-order valence-corrected chi connectivity index (χ3v) is 6.06. The molecule has 5 rings (SSSR count). The summed E-state index contributed by atoms with van der Waals surface area (Å²) in [4.78, 5) is 29.9. The Kier molecular flexibility index (Phi) is 4.90. The number of aromatic nitrogens is 2. The van der Waals surface area contributed by atoms with Gasteiger partial charge in [0.15, 0.2) is 11.5 Å². The number of rotatable bonds is 4. The predicted octanol–water partition coefficient (Wildman–Crippen LogP) is 1.61. The van der Waals surface area contributed by atoms with E-state index in [0.717, 1.165) is 16.7 Å². The number of hydrogen-bond acceptors (Lipinski definition) is 7. The van der Waals surface area contributed by atoms with Crippen LogP contribution in [0.5, 0.6) is 23.1 Å². The van der Waals surface area contributed by atoms with Gasteiger partial charge in [0.2, 0.25) is 18.4 Å². The fraction of sp³-hybridized carbons (Fsp3) is 0.304. The Balaban J connectivity index is 1.72. The summed E-state index contributed by atoms with van der Waals surface area (Å²) in [6, 6.07) is 10.5. The van der Waals surface area contributed by atoms with Crippen LogP contribution >= 0.6 is 0 Å². The number of likely N-dealkylation sites (N-methyl/N-ethyl adjacent to an activating group) is 1. The molecule has 2 aliphatic heterocycles. The number of methoxy groups -OCH3 is 1. The molecular weight excluding hydrogens is 414 g/mol. The van der Waals surface area contributed by atoms with Gasteiger partial charge in [-0.05, 0) is 30.7 Å². The summed E-state index contributed by atoms with van der Waals surface area (Å²) in [5.74, 6) is 1.16. The number of nitrogens with one attached hydrogen (secondary N) is 1. The Morgan fingerprint density at radius 3 is 2.72 bits per heavy atom. The summed E-state index contributed by atoms with van der Waals surface area (Å²) >= 11 is 0. The van der Waals surface area contributed by atoms with Crippen LogP contribution in [-0.4, -0.2) is 47.1 Å². The highest BCUT2D eigenvalue weighted by molar-refractivity contribution is 5.63. The molecule has 0 spiro atoms. The van der Waals surface area contributed by atoms with Crippen LogP contribution in [0.25, 0.3) is 0 Å². The maximum Gasteiger partial charge on any atom is 0.331 e. The second kappa shape index (κ2) is 7.76. The lowest BCUT2D eigenvalue weighted by Gasteiger charge is -2.36. The monoisotopic (exact) mass is 437 g/mol. The van der Waals surface area contributed by atoms with Crippen molar-refractivity contribution >= 4 is 0 Å². The average Bonchev–Trinajstić information content (AvgIpc) is 3.25. The van der Waals surface area contributed by atoms with Crippen molar-refractivity contribution in [2.75, 3.05) is 27.5 Å². The first kappa shape index (κ1) is 20.2. The second-order valence-electron chi connectivity index (χ2n) is 7.92. The van der Waals surface area contributed by atoms with Crippen molar-refractivity contribution in [3.05, 3.63) is 79.5 Å². The Morgan fingerprint density at radius 2 is 1.97 bits per heavy atom. The van der Waals surface area contributed by atoms with Gasteiger partial charge in [-0.2, -0.15) is 0 Å². The number of aromatic amines is 1. The standard InChI is InChI=1S/C23H23N3O6/c1-25-9-8-14-10-15-19(32-12-31-15)20(30-2)16(14)18(25)17-21(27)24-23(29)26(22(17)28)11-13-6-4-3-5-7-13/h3-7,10,18,28H,8-9,11-12H2,1-2H3,(H,24,27,29)/t18-/m1/s1. The van der Waals surface area contributed by atoms with Crippen molar-refractivity contribution in [2.45, 2.75) is 19.0 Å². The lowest BCUT2D eigenvalue weighted by Crippen LogP contribution is -2.40. The first-order valence-electron chi connectivity index (χ1n) is 10.3. The number of benzene rings is 2. The summed E-state index contributed by atoms with van der Waals surface area (Å²) < 4.78 is 18.0. The van der Waals surface area contributed by atoms with Crippen LogP contribution < -0.4 is 25.5 Å². The zero-order valence-corrected chi connectivity index (χ0v) is 17.8. The predicted molar refractivity (Wildman–Crippen MR) is 116 cm³/mol. The number of nitrogens with zero attached hydrogens (tertiary/aromatic N) is 2. The minimum Gasteiger partial charge on any atom is -0.494 e. The van der Waals surface area contributed by atoms with E-state index in [-0.39, 0.29) is 24.8 Å². The maximum atomic E-state index is 13.0. The summed E-state index contributed by atoms with van der Waals surface area (Å²) in [7, 11) is 3.40. The van der Waals surface area contributed by atoms with E-state index in [4.69, 9.17) is 14.2 Å². The van der Waals surface area contributed by atoms with Crippen molar-refractivity contribution in [3.8, 4) is 23.1 Å². The van der Waals surface area contributed by atoms with Crippen LogP contribution in [0.3, 0.4) is 0 Å². The lowest BCUT2D eigenvalue weighted by molar-refractivity contribution is 0.170. The molecule has 1 aromatic heterocycles.